The molecule has 0 saturated carbocycles. The number of halogens is 1. The van der Waals surface area contributed by atoms with E-state index >= 15 is 0 Å². The molecule has 0 radical (unpaired) electrons. The van der Waals surface area contributed by atoms with E-state index in [9.17, 15) is 14.9 Å². The number of hydrogen-bond donors (Lipinski definition) is 2. The Labute approximate surface area is 207 Å². The maximum atomic E-state index is 13.2. The van der Waals surface area contributed by atoms with Gasteiger partial charge in [0.25, 0.3) is 11.9 Å². The highest BCUT2D eigenvalue weighted by molar-refractivity contribution is 6.31. The number of nitrogens with one attached hydrogen (secondary N) is 2. The second-order valence-corrected chi connectivity index (χ2v) is 9.19. The van der Waals surface area contributed by atoms with Crippen LogP contribution < -0.4 is 20.1 Å². The van der Waals surface area contributed by atoms with Gasteiger partial charge in [-0.05, 0) is 36.8 Å². The Balaban J connectivity index is 1.50. The number of carbonyl (C=O) groups excluding carboxylic acids is 1. The van der Waals surface area contributed by atoms with E-state index in [1.807, 2.05) is 25.1 Å². The van der Waals surface area contributed by atoms with E-state index in [-0.39, 0.29) is 17.6 Å². The lowest BCUT2D eigenvalue weighted by atomic mass is 9.78. The first-order valence-electron chi connectivity index (χ1n) is 11.2. The van der Waals surface area contributed by atoms with Crippen molar-refractivity contribution >= 4 is 23.2 Å². The maximum Gasteiger partial charge on any atom is 0.256 e. The molecule has 0 unspecified atom stereocenters. The van der Waals surface area contributed by atoms with Crippen molar-refractivity contribution in [2.24, 2.45) is 0 Å². The van der Waals surface area contributed by atoms with Crippen LogP contribution in [0.5, 0.6) is 11.5 Å². The minimum atomic E-state index is -1.46. The number of fused-ring (bicyclic) bond motifs is 2. The second kappa shape index (κ2) is 8.87. The van der Waals surface area contributed by atoms with Gasteiger partial charge in [0, 0.05) is 32.8 Å². The molecule has 1 saturated heterocycles. The van der Waals surface area contributed by atoms with E-state index in [0.717, 1.165) is 5.56 Å². The predicted molar refractivity (Wildman–Crippen MR) is 132 cm³/mol. The van der Waals surface area contributed by atoms with Gasteiger partial charge in [-0.25, -0.2) is 0 Å². The zero-order chi connectivity index (χ0) is 24.7. The van der Waals surface area contributed by atoms with Crippen LogP contribution in [0, 0.1) is 10.1 Å². The second-order valence-electron chi connectivity index (χ2n) is 8.79. The van der Waals surface area contributed by atoms with Crippen LogP contribution in [0.25, 0.3) is 0 Å². The summed E-state index contributed by atoms with van der Waals surface area (Å²) in [4.78, 5) is 25.3. The van der Waals surface area contributed by atoms with Gasteiger partial charge < -0.3 is 14.8 Å². The summed E-state index contributed by atoms with van der Waals surface area (Å²) in [5, 5.41) is 19.2. The van der Waals surface area contributed by atoms with Gasteiger partial charge in [-0.1, -0.05) is 54.1 Å². The van der Waals surface area contributed by atoms with E-state index in [2.05, 4.69) is 10.6 Å². The third-order valence-corrected chi connectivity index (χ3v) is 7.25. The van der Waals surface area contributed by atoms with E-state index in [4.69, 9.17) is 21.1 Å². The number of benzene rings is 3. The summed E-state index contributed by atoms with van der Waals surface area (Å²) in [7, 11) is 1.52. The largest absolute Gasteiger partial charge is 0.493 e. The number of rotatable bonds is 6. The van der Waals surface area contributed by atoms with Crippen LogP contribution in [0.15, 0.2) is 66.7 Å². The average molecular weight is 494 g/mol. The third kappa shape index (κ3) is 3.69. The number of hydrogen-bond acceptors (Lipinski definition) is 6. The number of amides is 1. The molecule has 8 nitrogen and oxygen atoms in total. The van der Waals surface area contributed by atoms with Crippen LogP contribution in [-0.4, -0.2) is 30.0 Å². The van der Waals surface area contributed by atoms with Crippen LogP contribution in [0.4, 0.5) is 5.69 Å². The lowest BCUT2D eigenvalue weighted by molar-refractivity contribution is -0.532. The van der Waals surface area contributed by atoms with Crippen molar-refractivity contribution in [3.05, 3.63) is 98.6 Å². The minimum absolute atomic E-state index is 0.244. The van der Waals surface area contributed by atoms with Gasteiger partial charge in [0.2, 0.25) is 0 Å². The molecule has 0 bridgehead atoms. The molecule has 2 aliphatic rings. The molecule has 3 aromatic carbocycles. The summed E-state index contributed by atoms with van der Waals surface area (Å²) in [6, 6.07) is 18.2. The summed E-state index contributed by atoms with van der Waals surface area (Å²) in [6.07, 6.45) is 0. The number of nitrogens with zero attached hydrogens (tertiary/aromatic N) is 1. The van der Waals surface area contributed by atoms with Gasteiger partial charge in [0.1, 0.15) is 6.61 Å². The van der Waals surface area contributed by atoms with Gasteiger partial charge in [0.15, 0.2) is 17.0 Å². The van der Waals surface area contributed by atoms with Crippen LogP contribution >= 0.6 is 11.6 Å². The van der Waals surface area contributed by atoms with Crippen LogP contribution in [0.2, 0.25) is 5.02 Å². The summed E-state index contributed by atoms with van der Waals surface area (Å²) >= 11 is 6.23. The topological polar surface area (TPSA) is 103 Å². The van der Waals surface area contributed by atoms with Crippen molar-refractivity contribution in [3.8, 4) is 11.5 Å². The quantitative estimate of drug-likeness (QED) is 0.387. The summed E-state index contributed by atoms with van der Waals surface area (Å²) < 4.78 is 11.5. The summed E-state index contributed by atoms with van der Waals surface area (Å²) in [6.45, 7) is 2.10. The van der Waals surface area contributed by atoms with Crippen LogP contribution in [0.1, 0.15) is 29.5 Å². The molecule has 2 aliphatic heterocycles. The van der Waals surface area contributed by atoms with E-state index in [1.165, 1.54) is 7.11 Å². The van der Waals surface area contributed by atoms with Crippen molar-refractivity contribution in [1.29, 1.82) is 0 Å². The average Bonchev–Trinajstić information content (AvgIpc) is 3.32. The Bertz CT molecular complexity index is 1320. The number of para-hydroxylation sites is 1. The standard InChI is InChI=1S/C26H24ClN3O5/c1-15-23(24(30(32)33)26(29-15)18-8-4-6-10-20(18)28-25(26)31)16-11-12-21(22(13-16)34-2)35-14-17-7-3-5-9-19(17)27/h3-13,15,23-24,29H,14H2,1-2H3,(H,28,31)/t15-,23-,24-,26+/m0/s1. The number of methoxy groups -OCH3 is 1. The Morgan fingerprint density at radius 3 is 2.57 bits per heavy atom. The number of ether oxygens (including phenoxy) is 2. The molecule has 2 heterocycles. The number of nitro groups is 1. The van der Waals surface area contributed by atoms with Gasteiger partial charge in [-0.15, -0.1) is 0 Å². The fourth-order valence-electron chi connectivity index (χ4n) is 5.34. The molecule has 0 aromatic heterocycles. The lowest BCUT2D eigenvalue weighted by Crippen LogP contribution is -2.54. The molecule has 3 aromatic rings. The normalized spacial score (nSPS) is 24.8. The van der Waals surface area contributed by atoms with Gasteiger partial charge in [0.05, 0.1) is 13.0 Å². The Morgan fingerprint density at radius 2 is 1.83 bits per heavy atom. The Morgan fingerprint density at radius 1 is 1.09 bits per heavy atom. The third-order valence-electron chi connectivity index (χ3n) is 6.88. The fraction of sp³-hybridized carbons (Fsp3) is 0.269. The molecule has 5 rings (SSSR count). The molecule has 1 fully saturated rings. The first-order valence-corrected chi connectivity index (χ1v) is 11.6. The van der Waals surface area contributed by atoms with Crippen LogP contribution in [0.3, 0.4) is 0 Å². The summed E-state index contributed by atoms with van der Waals surface area (Å²) in [5.41, 5.74) is 1.23. The molecular formula is C26H24ClN3O5. The summed E-state index contributed by atoms with van der Waals surface area (Å²) in [5.74, 6) is -0.0676. The first kappa shape index (κ1) is 23.1. The molecule has 1 amide bonds. The van der Waals surface area contributed by atoms with Crippen molar-refractivity contribution in [1.82, 2.24) is 5.32 Å². The predicted octanol–water partition coefficient (Wildman–Crippen LogP) is 4.50. The zero-order valence-corrected chi connectivity index (χ0v) is 19.9. The Hall–Kier alpha value is -3.62. The molecular weight excluding hydrogens is 470 g/mol. The number of anilines is 1. The van der Waals surface area contributed by atoms with Crippen molar-refractivity contribution in [3.63, 3.8) is 0 Å². The van der Waals surface area contributed by atoms with E-state index in [1.54, 1.807) is 48.5 Å². The van der Waals surface area contributed by atoms with Crippen molar-refractivity contribution in [2.75, 3.05) is 12.4 Å². The van der Waals surface area contributed by atoms with E-state index in [0.29, 0.717) is 33.3 Å². The molecule has 180 valence electrons. The highest BCUT2D eigenvalue weighted by Crippen LogP contribution is 2.50. The Kier molecular flexibility index (Phi) is 5.86. The first-order chi connectivity index (χ1) is 16.9. The highest BCUT2D eigenvalue weighted by atomic mass is 35.5. The van der Waals surface area contributed by atoms with Gasteiger partial charge >= 0.3 is 0 Å². The van der Waals surface area contributed by atoms with Crippen molar-refractivity contribution < 1.29 is 19.2 Å². The number of carbonyl (C=O) groups is 1. The molecule has 35 heavy (non-hydrogen) atoms. The fourth-order valence-corrected chi connectivity index (χ4v) is 5.53. The lowest BCUT2D eigenvalue weighted by Gasteiger charge is -2.25. The highest BCUT2D eigenvalue weighted by Gasteiger charge is 2.67. The molecule has 2 N–H and O–H groups in total. The maximum absolute atomic E-state index is 13.2. The molecule has 1 spiro atoms. The molecule has 9 heteroatoms. The molecule has 4 atom stereocenters. The SMILES string of the molecule is COc1cc([C@@H]2[C@H](C)N[C@@]3(C(=O)Nc4ccccc43)[C@H]2[N+](=O)[O-])ccc1OCc1ccccc1Cl. The molecule has 0 aliphatic carbocycles. The van der Waals surface area contributed by atoms with Gasteiger partial charge in [-0.3, -0.25) is 20.2 Å². The minimum Gasteiger partial charge on any atom is -0.493 e. The van der Waals surface area contributed by atoms with Crippen molar-refractivity contribution in [2.45, 2.75) is 37.1 Å². The smallest absolute Gasteiger partial charge is 0.256 e. The van der Waals surface area contributed by atoms with Crippen LogP contribution in [-0.2, 0) is 16.9 Å². The zero-order valence-electron chi connectivity index (χ0n) is 19.2. The monoisotopic (exact) mass is 493 g/mol. The van der Waals surface area contributed by atoms with Gasteiger partial charge in [-0.2, -0.15) is 0 Å². The van der Waals surface area contributed by atoms with E-state index < -0.39 is 23.4 Å².